The highest BCUT2D eigenvalue weighted by Crippen LogP contribution is 2.48. The number of nitrogens with zero attached hydrogens (tertiary/aromatic N) is 1. The number of likely N-dealkylation sites (tertiary alicyclic amines) is 1. The molecule has 4 N–H and O–H groups in total. The summed E-state index contributed by atoms with van der Waals surface area (Å²) in [6.07, 6.45) is 2.19. The number of hydrogen-bond acceptors (Lipinski definition) is 3. The van der Waals surface area contributed by atoms with Gasteiger partial charge in [-0.15, -0.1) is 0 Å². The Hall–Kier alpha value is -2.08. The number of aliphatic carboxylic acids is 1. The molecule has 1 aromatic rings. The van der Waals surface area contributed by atoms with Crippen molar-refractivity contribution in [3.63, 3.8) is 0 Å². The third-order valence-corrected chi connectivity index (χ3v) is 4.36. The number of nitrogens with one attached hydrogen (secondary N) is 1. The Morgan fingerprint density at radius 3 is 2.43 bits per heavy atom. The summed E-state index contributed by atoms with van der Waals surface area (Å²) in [7, 11) is 0. The van der Waals surface area contributed by atoms with Crippen LogP contribution in [0.25, 0.3) is 0 Å². The number of carboxylic acids is 1. The number of carbonyl (C=O) groups excluding carboxylic acids is 1. The van der Waals surface area contributed by atoms with Gasteiger partial charge in [0, 0.05) is 24.8 Å². The van der Waals surface area contributed by atoms with E-state index in [2.05, 4.69) is 5.32 Å². The quantitative estimate of drug-likeness (QED) is 0.783. The molecule has 2 aliphatic rings. The smallest absolute Gasteiger partial charge is 0.321 e. The highest BCUT2D eigenvalue weighted by Gasteiger charge is 2.51. The van der Waals surface area contributed by atoms with Crippen LogP contribution >= 0.6 is 0 Å². The van der Waals surface area contributed by atoms with Crippen molar-refractivity contribution in [2.45, 2.75) is 30.7 Å². The number of rotatable bonds is 3. The standard InChI is InChI=1S/C15H19N3O3/c16-11-5-8-18(9-11)14(21)17-12-3-1-10(2-4-12)15(6-7-15)13(19)20/h1-4,11H,5-9,16H2,(H,17,21)(H,19,20). The second-order valence-electron chi connectivity index (χ2n) is 5.89. The van der Waals surface area contributed by atoms with Crippen molar-refractivity contribution < 1.29 is 14.7 Å². The number of carboxylic acid groups (broad SMARTS) is 1. The van der Waals surface area contributed by atoms with Crippen LogP contribution in [-0.4, -0.2) is 41.1 Å². The summed E-state index contributed by atoms with van der Waals surface area (Å²) < 4.78 is 0. The molecular formula is C15H19N3O3. The van der Waals surface area contributed by atoms with E-state index in [0.29, 0.717) is 31.6 Å². The fourth-order valence-corrected chi connectivity index (χ4v) is 2.80. The minimum atomic E-state index is -0.773. The van der Waals surface area contributed by atoms with E-state index in [1.54, 1.807) is 29.2 Å². The maximum Gasteiger partial charge on any atom is 0.321 e. The van der Waals surface area contributed by atoms with Gasteiger partial charge in [-0.1, -0.05) is 12.1 Å². The second-order valence-corrected chi connectivity index (χ2v) is 5.89. The van der Waals surface area contributed by atoms with E-state index < -0.39 is 11.4 Å². The van der Waals surface area contributed by atoms with Gasteiger partial charge in [-0.3, -0.25) is 4.79 Å². The first-order valence-corrected chi connectivity index (χ1v) is 7.17. The Morgan fingerprint density at radius 1 is 1.29 bits per heavy atom. The molecule has 1 atom stereocenters. The molecule has 0 bridgehead atoms. The van der Waals surface area contributed by atoms with E-state index in [1.807, 2.05) is 0 Å². The lowest BCUT2D eigenvalue weighted by atomic mass is 9.96. The van der Waals surface area contributed by atoms with E-state index >= 15 is 0 Å². The lowest BCUT2D eigenvalue weighted by Crippen LogP contribution is -2.35. The normalized spacial score (nSPS) is 22.9. The molecule has 0 aromatic heterocycles. The summed E-state index contributed by atoms with van der Waals surface area (Å²) in [4.78, 5) is 25.0. The highest BCUT2D eigenvalue weighted by molar-refractivity contribution is 5.90. The number of carbonyl (C=O) groups is 2. The van der Waals surface area contributed by atoms with Crippen molar-refractivity contribution in [1.29, 1.82) is 0 Å². The number of amides is 2. The zero-order chi connectivity index (χ0) is 15.0. The number of urea groups is 1. The highest BCUT2D eigenvalue weighted by atomic mass is 16.4. The summed E-state index contributed by atoms with van der Waals surface area (Å²) in [5, 5.41) is 12.1. The van der Waals surface area contributed by atoms with Crippen LogP contribution in [0, 0.1) is 0 Å². The van der Waals surface area contributed by atoms with E-state index in [9.17, 15) is 14.7 Å². The van der Waals surface area contributed by atoms with Crippen molar-refractivity contribution in [2.75, 3.05) is 18.4 Å². The van der Waals surface area contributed by atoms with Gasteiger partial charge in [0.2, 0.25) is 0 Å². The molecule has 1 heterocycles. The molecule has 1 saturated heterocycles. The predicted octanol–water partition coefficient (Wildman–Crippen LogP) is 1.37. The Balaban J connectivity index is 1.65. The molecule has 2 amide bonds. The van der Waals surface area contributed by atoms with Crippen LogP contribution in [0.1, 0.15) is 24.8 Å². The summed E-state index contributed by atoms with van der Waals surface area (Å²) in [6, 6.07) is 6.98. The summed E-state index contributed by atoms with van der Waals surface area (Å²) in [6.45, 7) is 1.25. The molecule has 0 spiro atoms. The number of nitrogens with two attached hydrogens (primary N) is 1. The molecule has 6 heteroatoms. The Labute approximate surface area is 122 Å². The Bertz CT molecular complexity index is 566. The predicted molar refractivity (Wildman–Crippen MR) is 78.2 cm³/mol. The molecule has 1 aliphatic heterocycles. The SMILES string of the molecule is NC1CCN(C(=O)Nc2ccc(C3(C(=O)O)CC3)cc2)C1. The van der Waals surface area contributed by atoms with Crippen molar-refractivity contribution >= 4 is 17.7 Å². The third-order valence-electron chi connectivity index (χ3n) is 4.36. The fraction of sp³-hybridized carbons (Fsp3) is 0.467. The molecule has 1 unspecified atom stereocenters. The van der Waals surface area contributed by atoms with Gasteiger partial charge in [0.15, 0.2) is 0 Å². The van der Waals surface area contributed by atoms with Gasteiger partial charge in [0.1, 0.15) is 0 Å². The average Bonchev–Trinajstić information content (AvgIpc) is 3.16. The van der Waals surface area contributed by atoms with Crippen LogP contribution in [-0.2, 0) is 10.2 Å². The lowest BCUT2D eigenvalue weighted by molar-refractivity contribution is -0.140. The zero-order valence-electron chi connectivity index (χ0n) is 11.7. The maximum absolute atomic E-state index is 12.0. The first-order chi connectivity index (χ1) is 10.0. The molecule has 6 nitrogen and oxygen atoms in total. The summed E-state index contributed by atoms with van der Waals surface area (Å²) in [5.74, 6) is -0.773. The van der Waals surface area contributed by atoms with Crippen molar-refractivity contribution in [3.8, 4) is 0 Å². The van der Waals surface area contributed by atoms with Crippen LogP contribution in [0.2, 0.25) is 0 Å². The summed E-state index contributed by atoms with van der Waals surface area (Å²) in [5.41, 5.74) is 6.55. The van der Waals surface area contributed by atoms with E-state index in [-0.39, 0.29) is 12.1 Å². The molecule has 21 heavy (non-hydrogen) atoms. The van der Waals surface area contributed by atoms with E-state index in [1.165, 1.54) is 0 Å². The molecule has 112 valence electrons. The van der Waals surface area contributed by atoms with Gasteiger partial charge < -0.3 is 21.1 Å². The van der Waals surface area contributed by atoms with Crippen LogP contribution in [0.5, 0.6) is 0 Å². The Kier molecular flexibility index (Phi) is 3.33. The first-order valence-electron chi connectivity index (χ1n) is 7.17. The largest absolute Gasteiger partial charge is 0.481 e. The molecular weight excluding hydrogens is 270 g/mol. The maximum atomic E-state index is 12.0. The minimum Gasteiger partial charge on any atom is -0.481 e. The number of benzene rings is 1. The molecule has 2 fully saturated rings. The van der Waals surface area contributed by atoms with Crippen LogP contribution in [0.4, 0.5) is 10.5 Å². The Morgan fingerprint density at radius 2 is 1.95 bits per heavy atom. The fourth-order valence-electron chi connectivity index (χ4n) is 2.80. The van der Waals surface area contributed by atoms with Crippen LogP contribution in [0.15, 0.2) is 24.3 Å². The molecule has 1 aromatic carbocycles. The van der Waals surface area contributed by atoms with Crippen molar-refractivity contribution in [3.05, 3.63) is 29.8 Å². The molecule has 1 saturated carbocycles. The molecule has 1 aliphatic carbocycles. The van der Waals surface area contributed by atoms with Gasteiger partial charge >= 0.3 is 12.0 Å². The van der Waals surface area contributed by atoms with Crippen LogP contribution < -0.4 is 11.1 Å². The minimum absolute atomic E-state index is 0.0587. The lowest BCUT2D eigenvalue weighted by Gasteiger charge is -2.17. The average molecular weight is 289 g/mol. The van der Waals surface area contributed by atoms with E-state index in [0.717, 1.165) is 12.0 Å². The molecule has 3 rings (SSSR count). The summed E-state index contributed by atoms with van der Waals surface area (Å²) >= 11 is 0. The van der Waals surface area contributed by atoms with Gasteiger partial charge in [-0.2, -0.15) is 0 Å². The molecule has 0 radical (unpaired) electrons. The van der Waals surface area contributed by atoms with Crippen molar-refractivity contribution in [2.24, 2.45) is 5.73 Å². The van der Waals surface area contributed by atoms with Gasteiger partial charge in [0.25, 0.3) is 0 Å². The zero-order valence-corrected chi connectivity index (χ0v) is 11.7. The van der Waals surface area contributed by atoms with Crippen molar-refractivity contribution in [1.82, 2.24) is 4.90 Å². The van der Waals surface area contributed by atoms with Gasteiger partial charge in [-0.05, 0) is 37.0 Å². The van der Waals surface area contributed by atoms with Crippen LogP contribution in [0.3, 0.4) is 0 Å². The van der Waals surface area contributed by atoms with E-state index in [4.69, 9.17) is 5.73 Å². The number of hydrogen-bond donors (Lipinski definition) is 3. The number of anilines is 1. The monoisotopic (exact) mass is 289 g/mol. The second kappa shape index (κ2) is 5.04. The first kappa shape index (κ1) is 13.9. The topological polar surface area (TPSA) is 95.7 Å². The van der Waals surface area contributed by atoms with Gasteiger partial charge in [0.05, 0.1) is 5.41 Å². The third kappa shape index (κ3) is 2.58. The van der Waals surface area contributed by atoms with Gasteiger partial charge in [-0.25, -0.2) is 4.79 Å².